The van der Waals surface area contributed by atoms with Gasteiger partial charge in [0.25, 0.3) is 0 Å². The Hall–Kier alpha value is -5.23. The molecule has 5 aromatic heterocycles. The van der Waals surface area contributed by atoms with E-state index < -0.39 is 5.82 Å². The number of halogens is 1. The van der Waals surface area contributed by atoms with Crippen LogP contribution in [0.25, 0.3) is 56.0 Å². The molecule has 6 aromatic rings. The van der Waals surface area contributed by atoms with Crippen molar-refractivity contribution in [1.29, 1.82) is 0 Å². The van der Waals surface area contributed by atoms with Crippen LogP contribution in [0.1, 0.15) is 13.8 Å². The van der Waals surface area contributed by atoms with Gasteiger partial charge in [0, 0.05) is 53.8 Å². The highest BCUT2D eigenvalue weighted by molar-refractivity contribution is 5.97. The fourth-order valence-corrected chi connectivity index (χ4v) is 4.58. The highest BCUT2D eigenvalue weighted by Gasteiger charge is 2.18. The minimum atomic E-state index is -0.425. The number of nitrogens with one attached hydrogen (secondary N) is 3. The molecule has 0 aliphatic heterocycles. The zero-order chi connectivity index (χ0) is 30.1. The number of hydrogen-bond donors (Lipinski definition) is 3. The summed E-state index contributed by atoms with van der Waals surface area (Å²) in [7, 11) is 3.90. The molecule has 218 valence electrons. The number of ether oxygens (including phenoxy) is 1. The fraction of sp³-hybridized carbons (Fsp3) is 0.226. The first-order chi connectivity index (χ1) is 20.7. The number of aromatic amines is 2. The molecule has 0 saturated carbocycles. The van der Waals surface area contributed by atoms with Crippen LogP contribution in [0.5, 0.6) is 5.75 Å². The number of likely N-dealkylation sites (N-methyl/N-ethyl adjacent to an activating group) is 1. The number of aromatic nitrogens is 7. The summed E-state index contributed by atoms with van der Waals surface area (Å²) < 4.78 is 20.4. The number of carbonyl (C=O) groups excluding carboxylic acids is 1. The first kappa shape index (κ1) is 27.9. The number of nitrogens with zero attached hydrogens (tertiary/aromatic N) is 6. The molecule has 0 aliphatic carbocycles. The lowest BCUT2D eigenvalue weighted by Crippen LogP contribution is -2.19. The maximum absolute atomic E-state index is 14.6. The van der Waals surface area contributed by atoms with Gasteiger partial charge in [-0.05, 0) is 44.4 Å². The lowest BCUT2D eigenvalue weighted by Gasteiger charge is -2.12. The van der Waals surface area contributed by atoms with E-state index in [1.54, 1.807) is 30.9 Å². The van der Waals surface area contributed by atoms with E-state index in [0.29, 0.717) is 58.5 Å². The summed E-state index contributed by atoms with van der Waals surface area (Å²) in [5.74, 6) is 0.259. The van der Waals surface area contributed by atoms with Crippen molar-refractivity contribution < 1.29 is 13.9 Å². The Morgan fingerprint density at radius 1 is 1.02 bits per heavy atom. The first-order valence-electron chi connectivity index (χ1n) is 13.8. The van der Waals surface area contributed by atoms with Crippen LogP contribution in [0.15, 0.2) is 61.2 Å². The molecule has 11 nitrogen and oxygen atoms in total. The van der Waals surface area contributed by atoms with Gasteiger partial charge < -0.3 is 19.9 Å². The lowest BCUT2D eigenvalue weighted by molar-refractivity contribution is -0.118. The van der Waals surface area contributed by atoms with Gasteiger partial charge in [-0.15, -0.1) is 0 Å². The third kappa shape index (κ3) is 5.90. The Morgan fingerprint density at radius 3 is 2.67 bits per heavy atom. The molecule has 43 heavy (non-hydrogen) atoms. The molecule has 0 radical (unpaired) electrons. The van der Waals surface area contributed by atoms with Gasteiger partial charge in [-0.1, -0.05) is 13.8 Å². The SMILES string of the molecule is CC(C)C(=O)Nc1cncc(-c2cnc3[nH]nc(-c4nc5c(-c6cc(F)cc(OCCN(C)C)c6)nccc5[nH]4)c3c2)c1. The number of rotatable bonds is 9. The molecule has 0 atom stereocenters. The highest BCUT2D eigenvalue weighted by atomic mass is 19.1. The molecule has 0 saturated heterocycles. The van der Waals surface area contributed by atoms with Crippen LogP contribution < -0.4 is 10.1 Å². The van der Waals surface area contributed by atoms with Crippen LogP contribution >= 0.6 is 0 Å². The summed E-state index contributed by atoms with van der Waals surface area (Å²) in [5.41, 5.74) is 5.69. The summed E-state index contributed by atoms with van der Waals surface area (Å²) in [5, 5.41) is 11.1. The number of imidazole rings is 1. The van der Waals surface area contributed by atoms with Gasteiger partial charge in [0.15, 0.2) is 11.5 Å². The van der Waals surface area contributed by atoms with E-state index in [-0.39, 0.29) is 11.8 Å². The monoisotopic (exact) mass is 579 g/mol. The Labute approximate surface area is 246 Å². The van der Waals surface area contributed by atoms with E-state index in [4.69, 9.17) is 9.72 Å². The average Bonchev–Trinajstić information content (AvgIpc) is 3.60. The Kier molecular flexibility index (Phi) is 7.51. The van der Waals surface area contributed by atoms with E-state index >= 15 is 0 Å². The third-order valence-electron chi connectivity index (χ3n) is 6.86. The van der Waals surface area contributed by atoms with Crippen LogP contribution in [-0.2, 0) is 4.79 Å². The number of amides is 1. The van der Waals surface area contributed by atoms with Crippen LogP contribution in [0.3, 0.4) is 0 Å². The second-order valence-electron chi connectivity index (χ2n) is 10.8. The predicted octanol–water partition coefficient (Wildman–Crippen LogP) is 5.30. The maximum atomic E-state index is 14.6. The highest BCUT2D eigenvalue weighted by Crippen LogP contribution is 2.33. The third-order valence-corrected chi connectivity index (χ3v) is 6.86. The van der Waals surface area contributed by atoms with E-state index in [2.05, 4.69) is 35.5 Å². The Balaban J connectivity index is 1.36. The molecule has 0 spiro atoms. The predicted molar refractivity (Wildman–Crippen MR) is 163 cm³/mol. The number of fused-ring (bicyclic) bond motifs is 2. The molecule has 1 aromatic carbocycles. The number of pyridine rings is 3. The lowest BCUT2D eigenvalue weighted by atomic mass is 10.1. The summed E-state index contributed by atoms with van der Waals surface area (Å²) >= 11 is 0. The molecule has 1 amide bonds. The average molecular weight is 580 g/mol. The van der Waals surface area contributed by atoms with Gasteiger partial charge in [0.2, 0.25) is 5.91 Å². The van der Waals surface area contributed by atoms with Crippen molar-refractivity contribution >= 4 is 33.7 Å². The molecule has 5 heterocycles. The number of carbonyl (C=O) groups is 1. The standard InChI is InChI=1S/C31H30FN9O2/c1-17(2)31(42)36-22-10-19(14-33-16-22)20-12-24-27(39-40-29(24)35-15-20)30-37-25-5-6-34-26(28(25)38-30)18-9-21(32)13-23(11-18)43-8-7-41(3)4/h5-6,9-17H,7-8H2,1-4H3,(H,36,42)(H,37,38)(H,35,39,40). The van der Waals surface area contributed by atoms with Crippen LogP contribution in [0, 0.1) is 11.7 Å². The zero-order valence-corrected chi connectivity index (χ0v) is 24.1. The molecule has 6 rings (SSSR count). The largest absolute Gasteiger partial charge is 0.492 e. The van der Waals surface area contributed by atoms with Gasteiger partial charge in [-0.25, -0.2) is 14.4 Å². The van der Waals surface area contributed by atoms with E-state index in [1.165, 1.54) is 12.1 Å². The Bertz CT molecular complexity index is 1950. The van der Waals surface area contributed by atoms with Gasteiger partial charge in [0.1, 0.15) is 29.4 Å². The number of benzene rings is 1. The molecule has 0 aliphatic rings. The second kappa shape index (κ2) is 11.6. The summed E-state index contributed by atoms with van der Waals surface area (Å²) in [6.07, 6.45) is 6.69. The van der Waals surface area contributed by atoms with Crippen LogP contribution in [-0.4, -0.2) is 73.2 Å². The van der Waals surface area contributed by atoms with Gasteiger partial charge in [0.05, 0.1) is 28.5 Å². The molecule has 0 bridgehead atoms. The van der Waals surface area contributed by atoms with Crippen LogP contribution in [0.2, 0.25) is 0 Å². The zero-order valence-electron chi connectivity index (χ0n) is 24.1. The topological polar surface area (TPSA) is 138 Å². The molecular weight excluding hydrogens is 549 g/mol. The minimum absolute atomic E-state index is 0.0882. The quantitative estimate of drug-likeness (QED) is 0.210. The van der Waals surface area contributed by atoms with Gasteiger partial charge in [-0.2, -0.15) is 5.10 Å². The number of anilines is 1. The smallest absolute Gasteiger partial charge is 0.226 e. The van der Waals surface area contributed by atoms with E-state index in [0.717, 1.165) is 22.0 Å². The number of H-pyrrole nitrogens is 2. The van der Waals surface area contributed by atoms with E-state index in [9.17, 15) is 9.18 Å². The molecule has 12 heteroatoms. The second-order valence-corrected chi connectivity index (χ2v) is 10.8. The van der Waals surface area contributed by atoms with Crippen LogP contribution in [0.4, 0.5) is 10.1 Å². The van der Waals surface area contributed by atoms with Crippen molar-refractivity contribution in [2.45, 2.75) is 13.8 Å². The molecule has 0 unspecified atom stereocenters. The summed E-state index contributed by atoms with van der Waals surface area (Å²) in [4.78, 5) is 35.7. The van der Waals surface area contributed by atoms with Gasteiger partial charge >= 0.3 is 0 Å². The Morgan fingerprint density at radius 2 is 1.86 bits per heavy atom. The first-order valence-corrected chi connectivity index (χ1v) is 13.8. The summed E-state index contributed by atoms with van der Waals surface area (Å²) in [6.45, 7) is 4.79. The molecule has 0 fully saturated rings. The van der Waals surface area contributed by atoms with Gasteiger partial charge in [-0.3, -0.25) is 19.9 Å². The van der Waals surface area contributed by atoms with Crippen molar-refractivity contribution in [3.63, 3.8) is 0 Å². The normalized spacial score (nSPS) is 11.6. The van der Waals surface area contributed by atoms with E-state index in [1.807, 2.05) is 51.0 Å². The van der Waals surface area contributed by atoms with Crippen molar-refractivity contribution in [1.82, 2.24) is 40.0 Å². The molecule has 3 N–H and O–H groups in total. The molecular formula is C31H30FN9O2. The van der Waals surface area contributed by atoms with Crippen molar-refractivity contribution in [2.75, 3.05) is 32.6 Å². The fourth-order valence-electron chi connectivity index (χ4n) is 4.58. The van der Waals surface area contributed by atoms with Crippen molar-refractivity contribution in [2.24, 2.45) is 5.92 Å². The summed E-state index contributed by atoms with van der Waals surface area (Å²) in [6, 6.07) is 10.2. The number of hydrogen-bond acceptors (Lipinski definition) is 8. The maximum Gasteiger partial charge on any atom is 0.226 e. The van der Waals surface area contributed by atoms with Crippen molar-refractivity contribution in [3.05, 3.63) is 67.0 Å². The minimum Gasteiger partial charge on any atom is -0.492 e. The van der Waals surface area contributed by atoms with Crippen molar-refractivity contribution in [3.8, 4) is 39.7 Å².